The number of hydrogen-bond donors (Lipinski definition) is 1. The van der Waals surface area contributed by atoms with Crippen molar-refractivity contribution in [1.82, 2.24) is 0 Å². The van der Waals surface area contributed by atoms with Gasteiger partial charge < -0.3 is 15.2 Å². The highest BCUT2D eigenvalue weighted by atomic mass is 16.6. The lowest BCUT2D eigenvalue weighted by molar-refractivity contribution is -0.157. The largest absolute Gasteiger partial charge is 0.459 e. The van der Waals surface area contributed by atoms with E-state index in [0.717, 1.165) is 19.4 Å². The molecule has 2 N–H and O–H groups in total. The van der Waals surface area contributed by atoms with Gasteiger partial charge in [0.25, 0.3) is 0 Å². The Balaban J connectivity index is 2.32. The summed E-state index contributed by atoms with van der Waals surface area (Å²) in [6.45, 7) is 6.29. The summed E-state index contributed by atoms with van der Waals surface area (Å²) in [7, 11) is 0. The van der Waals surface area contributed by atoms with E-state index >= 15 is 0 Å². The van der Waals surface area contributed by atoms with Crippen LogP contribution in [-0.2, 0) is 14.3 Å². The molecule has 1 aliphatic heterocycles. The molecule has 1 aliphatic rings. The van der Waals surface area contributed by atoms with Crippen molar-refractivity contribution in [3.63, 3.8) is 0 Å². The third kappa shape index (κ3) is 4.62. The van der Waals surface area contributed by atoms with Crippen LogP contribution in [-0.4, -0.2) is 30.3 Å². The van der Waals surface area contributed by atoms with Crippen LogP contribution in [0.4, 0.5) is 0 Å². The van der Waals surface area contributed by atoms with E-state index in [9.17, 15) is 4.79 Å². The number of nitrogens with two attached hydrogens (primary N) is 1. The van der Waals surface area contributed by atoms with Crippen molar-refractivity contribution in [2.24, 2.45) is 5.73 Å². The number of esters is 1. The maximum absolute atomic E-state index is 11.5. The molecule has 0 spiro atoms. The molecule has 2 atom stereocenters. The maximum atomic E-state index is 11.5. The SMILES string of the molecule is CC(C)(C)OC(=O)[C@H](N)C[C@H]1CCCO1. The van der Waals surface area contributed by atoms with E-state index in [0.29, 0.717) is 6.42 Å². The summed E-state index contributed by atoms with van der Waals surface area (Å²) < 4.78 is 10.6. The molecule has 0 unspecified atom stereocenters. The summed E-state index contributed by atoms with van der Waals surface area (Å²) >= 11 is 0. The Labute approximate surface area is 91.1 Å². The van der Waals surface area contributed by atoms with Crippen molar-refractivity contribution in [2.45, 2.75) is 57.8 Å². The Morgan fingerprint density at radius 1 is 1.60 bits per heavy atom. The van der Waals surface area contributed by atoms with E-state index in [1.54, 1.807) is 0 Å². The van der Waals surface area contributed by atoms with Crippen molar-refractivity contribution >= 4 is 5.97 Å². The van der Waals surface area contributed by atoms with Crippen molar-refractivity contribution in [2.75, 3.05) is 6.61 Å². The molecule has 4 heteroatoms. The molecule has 1 saturated heterocycles. The predicted molar refractivity (Wildman–Crippen MR) is 57.4 cm³/mol. The molecule has 88 valence electrons. The zero-order valence-corrected chi connectivity index (χ0v) is 9.79. The molecule has 0 aromatic rings. The standard InChI is InChI=1S/C11H21NO3/c1-11(2,3)15-10(13)9(12)7-8-5-4-6-14-8/h8-9H,4-7,12H2,1-3H3/t8-,9-/m1/s1. The Morgan fingerprint density at radius 3 is 2.73 bits per heavy atom. The molecule has 0 aromatic heterocycles. The van der Waals surface area contributed by atoms with Gasteiger partial charge in [-0.1, -0.05) is 0 Å². The normalized spacial score (nSPS) is 23.9. The predicted octanol–water partition coefficient (Wildman–Crippen LogP) is 1.22. The molecule has 1 rings (SSSR count). The molecular formula is C11H21NO3. The Morgan fingerprint density at radius 2 is 2.27 bits per heavy atom. The number of carbonyl (C=O) groups is 1. The van der Waals surface area contributed by atoms with Crippen LogP contribution in [0.3, 0.4) is 0 Å². The molecule has 0 bridgehead atoms. The van der Waals surface area contributed by atoms with E-state index in [-0.39, 0.29) is 12.1 Å². The molecule has 0 aromatic carbocycles. The minimum Gasteiger partial charge on any atom is -0.459 e. The van der Waals surface area contributed by atoms with E-state index < -0.39 is 11.6 Å². The fraction of sp³-hybridized carbons (Fsp3) is 0.909. The molecule has 1 fully saturated rings. The van der Waals surface area contributed by atoms with E-state index in [1.807, 2.05) is 20.8 Å². The number of hydrogen-bond acceptors (Lipinski definition) is 4. The highest BCUT2D eigenvalue weighted by Gasteiger charge is 2.26. The van der Waals surface area contributed by atoms with Crippen LogP contribution in [0.1, 0.15) is 40.0 Å². The summed E-state index contributed by atoms with van der Waals surface area (Å²) in [6, 6.07) is -0.563. The van der Waals surface area contributed by atoms with E-state index in [2.05, 4.69) is 0 Å². The van der Waals surface area contributed by atoms with Gasteiger partial charge in [0.05, 0.1) is 6.10 Å². The smallest absolute Gasteiger partial charge is 0.323 e. The first-order valence-electron chi connectivity index (χ1n) is 5.48. The summed E-state index contributed by atoms with van der Waals surface area (Å²) in [5, 5.41) is 0. The summed E-state index contributed by atoms with van der Waals surface area (Å²) in [6.07, 6.45) is 2.75. The lowest BCUT2D eigenvalue weighted by Gasteiger charge is -2.23. The van der Waals surface area contributed by atoms with Crippen molar-refractivity contribution < 1.29 is 14.3 Å². The van der Waals surface area contributed by atoms with Crippen LogP contribution >= 0.6 is 0 Å². The molecule has 4 nitrogen and oxygen atoms in total. The van der Waals surface area contributed by atoms with Gasteiger partial charge in [0.15, 0.2) is 0 Å². The molecular weight excluding hydrogens is 194 g/mol. The quantitative estimate of drug-likeness (QED) is 0.719. The highest BCUT2D eigenvalue weighted by molar-refractivity contribution is 5.75. The van der Waals surface area contributed by atoms with Crippen LogP contribution < -0.4 is 5.73 Å². The minimum absolute atomic E-state index is 0.132. The highest BCUT2D eigenvalue weighted by Crippen LogP contribution is 2.17. The molecule has 15 heavy (non-hydrogen) atoms. The van der Waals surface area contributed by atoms with Gasteiger partial charge in [-0.25, -0.2) is 0 Å². The van der Waals surface area contributed by atoms with Gasteiger partial charge in [0.2, 0.25) is 0 Å². The number of carbonyl (C=O) groups excluding carboxylic acids is 1. The lowest BCUT2D eigenvalue weighted by Crippen LogP contribution is -2.39. The van der Waals surface area contributed by atoms with Gasteiger partial charge in [0.1, 0.15) is 11.6 Å². The minimum atomic E-state index is -0.563. The Hall–Kier alpha value is -0.610. The lowest BCUT2D eigenvalue weighted by atomic mass is 10.1. The van der Waals surface area contributed by atoms with Crippen LogP contribution in [0.5, 0.6) is 0 Å². The van der Waals surface area contributed by atoms with Gasteiger partial charge in [-0.3, -0.25) is 4.79 Å². The zero-order chi connectivity index (χ0) is 11.5. The first-order chi connectivity index (χ1) is 6.88. The average molecular weight is 215 g/mol. The fourth-order valence-corrected chi connectivity index (χ4v) is 1.59. The Bertz CT molecular complexity index is 216. The van der Waals surface area contributed by atoms with Gasteiger partial charge in [-0.05, 0) is 40.0 Å². The topological polar surface area (TPSA) is 61.5 Å². The van der Waals surface area contributed by atoms with Crippen LogP contribution in [0.2, 0.25) is 0 Å². The van der Waals surface area contributed by atoms with E-state index in [1.165, 1.54) is 0 Å². The van der Waals surface area contributed by atoms with Crippen molar-refractivity contribution in [3.05, 3.63) is 0 Å². The molecule has 0 amide bonds. The van der Waals surface area contributed by atoms with E-state index in [4.69, 9.17) is 15.2 Å². The monoisotopic (exact) mass is 215 g/mol. The van der Waals surface area contributed by atoms with Gasteiger partial charge in [-0.15, -0.1) is 0 Å². The third-order valence-electron chi connectivity index (χ3n) is 2.25. The summed E-state index contributed by atoms with van der Waals surface area (Å²) in [4.78, 5) is 11.5. The van der Waals surface area contributed by atoms with Crippen LogP contribution in [0, 0.1) is 0 Å². The molecule has 0 aliphatic carbocycles. The second-order valence-electron chi connectivity index (χ2n) is 5.01. The second-order valence-corrected chi connectivity index (χ2v) is 5.01. The molecule has 1 heterocycles. The molecule has 0 radical (unpaired) electrons. The van der Waals surface area contributed by atoms with Crippen LogP contribution in [0.25, 0.3) is 0 Å². The second kappa shape index (κ2) is 4.94. The van der Waals surface area contributed by atoms with Gasteiger partial charge in [-0.2, -0.15) is 0 Å². The average Bonchev–Trinajstić information content (AvgIpc) is 2.53. The fourth-order valence-electron chi connectivity index (χ4n) is 1.59. The van der Waals surface area contributed by atoms with Crippen molar-refractivity contribution in [3.8, 4) is 0 Å². The maximum Gasteiger partial charge on any atom is 0.323 e. The van der Waals surface area contributed by atoms with Gasteiger partial charge >= 0.3 is 5.97 Å². The zero-order valence-electron chi connectivity index (χ0n) is 9.79. The number of ether oxygens (including phenoxy) is 2. The Kier molecular flexibility index (Phi) is 4.11. The first-order valence-corrected chi connectivity index (χ1v) is 5.48. The van der Waals surface area contributed by atoms with Gasteiger partial charge in [0, 0.05) is 6.61 Å². The van der Waals surface area contributed by atoms with Crippen LogP contribution in [0.15, 0.2) is 0 Å². The summed E-state index contributed by atoms with van der Waals surface area (Å²) in [5.74, 6) is -0.335. The summed E-state index contributed by atoms with van der Waals surface area (Å²) in [5.41, 5.74) is 5.28. The van der Waals surface area contributed by atoms with Crippen molar-refractivity contribution in [1.29, 1.82) is 0 Å². The third-order valence-corrected chi connectivity index (χ3v) is 2.25. The first kappa shape index (κ1) is 12.5. The number of rotatable bonds is 3. The molecule has 0 saturated carbocycles.